The molecule has 20 heavy (non-hydrogen) atoms. The summed E-state index contributed by atoms with van der Waals surface area (Å²) in [5.74, 6) is -0.106. The van der Waals surface area contributed by atoms with Crippen LogP contribution in [-0.4, -0.2) is 26.2 Å². The molecule has 1 amide bonds. The molecule has 0 radical (unpaired) electrons. The number of methoxy groups -OCH3 is 1. The molecule has 0 aliphatic rings. The predicted octanol–water partition coefficient (Wildman–Crippen LogP) is 3.00. The van der Waals surface area contributed by atoms with Gasteiger partial charge in [0.15, 0.2) is 0 Å². The van der Waals surface area contributed by atoms with Gasteiger partial charge < -0.3 is 15.4 Å². The Morgan fingerprint density at radius 3 is 2.30 bits per heavy atom. The second-order valence-electron chi connectivity index (χ2n) is 4.32. The molecule has 0 aliphatic carbocycles. The average molecular weight is 270 g/mol. The van der Waals surface area contributed by atoms with Crippen molar-refractivity contribution >= 4 is 17.3 Å². The summed E-state index contributed by atoms with van der Waals surface area (Å²) in [4.78, 5) is 12.0. The molecule has 2 N–H and O–H groups in total. The van der Waals surface area contributed by atoms with Crippen LogP contribution in [0.2, 0.25) is 0 Å². The molecule has 2 rings (SSSR count). The third-order valence-corrected chi connectivity index (χ3v) is 2.81. The van der Waals surface area contributed by atoms with Crippen molar-refractivity contribution in [3.05, 3.63) is 60.2 Å². The molecule has 2 aromatic carbocycles. The minimum atomic E-state index is -0.106. The van der Waals surface area contributed by atoms with E-state index in [0.717, 1.165) is 17.9 Å². The monoisotopic (exact) mass is 270 g/mol. The van der Waals surface area contributed by atoms with Crippen LogP contribution in [0.15, 0.2) is 54.6 Å². The van der Waals surface area contributed by atoms with E-state index in [1.165, 1.54) is 0 Å². The molecule has 0 saturated heterocycles. The van der Waals surface area contributed by atoms with Crippen molar-refractivity contribution in [2.45, 2.75) is 0 Å². The molecule has 0 heterocycles. The van der Waals surface area contributed by atoms with E-state index in [-0.39, 0.29) is 5.91 Å². The van der Waals surface area contributed by atoms with Gasteiger partial charge in [-0.05, 0) is 36.4 Å². The van der Waals surface area contributed by atoms with Gasteiger partial charge in [0.1, 0.15) is 0 Å². The van der Waals surface area contributed by atoms with Crippen LogP contribution >= 0.6 is 0 Å². The second-order valence-corrected chi connectivity index (χ2v) is 4.32. The zero-order chi connectivity index (χ0) is 14.2. The number of rotatable bonds is 6. The summed E-state index contributed by atoms with van der Waals surface area (Å²) in [5, 5.41) is 6.08. The van der Waals surface area contributed by atoms with Crippen LogP contribution in [0.25, 0.3) is 0 Å². The Morgan fingerprint density at radius 1 is 1.00 bits per heavy atom. The van der Waals surface area contributed by atoms with Crippen molar-refractivity contribution < 1.29 is 9.53 Å². The molecule has 0 unspecified atom stereocenters. The van der Waals surface area contributed by atoms with E-state index in [2.05, 4.69) is 10.6 Å². The highest BCUT2D eigenvalue weighted by molar-refractivity contribution is 6.04. The Kier molecular flexibility index (Phi) is 5.15. The first kappa shape index (κ1) is 14.1. The highest BCUT2D eigenvalue weighted by Crippen LogP contribution is 2.14. The topological polar surface area (TPSA) is 50.4 Å². The van der Waals surface area contributed by atoms with Crippen molar-refractivity contribution in [3.8, 4) is 0 Å². The molecule has 4 heteroatoms. The highest BCUT2D eigenvalue weighted by atomic mass is 16.5. The minimum Gasteiger partial charge on any atom is -0.383 e. The largest absolute Gasteiger partial charge is 0.383 e. The predicted molar refractivity (Wildman–Crippen MR) is 81.2 cm³/mol. The summed E-state index contributed by atoms with van der Waals surface area (Å²) in [6.45, 7) is 1.42. The number of benzene rings is 2. The zero-order valence-corrected chi connectivity index (χ0v) is 11.4. The van der Waals surface area contributed by atoms with Crippen LogP contribution in [-0.2, 0) is 4.74 Å². The fourth-order valence-corrected chi connectivity index (χ4v) is 1.76. The molecule has 0 fully saturated rings. The maximum atomic E-state index is 12.0. The van der Waals surface area contributed by atoms with Gasteiger partial charge in [0.2, 0.25) is 0 Å². The molecule has 0 aliphatic heterocycles. The summed E-state index contributed by atoms with van der Waals surface area (Å²) in [6.07, 6.45) is 0. The number of anilines is 2. The van der Waals surface area contributed by atoms with Gasteiger partial charge in [0, 0.05) is 30.6 Å². The Hall–Kier alpha value is -2.33. The lowest BCUT2D eigenvalue weighted by atomic mass is 10.2. The molecule has 104 valence electrons. The SMILES string of the molecule is COCCNc1ccc(NC(=O)c2ccccc2)cc1. The fraction of sp³-hybridized carbons (Fsp3) is 0.188. The van der Waals surface area contributed by atoms with Crippen LogP contribution < -0.4 is 10.6 Å². The van der Waals surface area contributed by atoms with Gasteiger partial charge in [-0.3, -0.25) is 4.79 Å². The molecule has 0 aromatic heterocycles. The number of nitrogens with one attached hydrogen (secondary N) is 2. The first-order chi connectivity index (χ1) is 9.79. The summed E-state index contributed by atoms with van der Waals surface area (Å²) >= 11 is 0. The van der Waals surface area contributed by atoms with E-state index in [1.54, 1.807) is 19.2 Å². The molecule has 0 saturated carbocycles. The van der Waals surface area contributed by atoms with Gasteiger partial charge in [0.05, 0.1) is 6.61 Å². The van der Waals surface area contributed by atoms with E-state index in [9.17, 15) is 4.79 Å². The first-order valence-corrected chi connectivity index (χ1v) is 6.49. The first-order valence-electron chi connectivity index (χ1n) is 6.49. The zero-order valence-electron chi connectivity index (χ0n) is 11.4. The molecule has 0 atom stereocenters. The molecule has 4 nitrogen and oxygen atoms in total. The van der Waals surface area contributed by atoms with Crippen LogP contribution in [0.4, 0.5) is 11.4 Å². The van der Waals surface area contributed by atoms with Gasteiger partial charge in [-0.1, -0.05) is 18.2 Å². The van der Waals surface area contributed by atoms with Crippen molar-refractivity contribution in [2.75, 3.05) is 30.9 Å². The summed E-state index contributed by atoms with van der Waals surface area (Å²) in [6, 6.07) is 16.7. The molecular weight excluding hydrogens is 252 g/mol. The molecular formula is C16H18N2O2. The smallest absolute Gasteiger partial charge is 0.255 e. The molecule has 2 aromatic rings. The third kappa shape index (κ3) is 4.10. The number of hydrogen-bond acceptors (Lipinski definition) is 3. The highest BCUT2D eigenvalue weighted by Gasteiger charge is 2.04. The Bertz CT molecular complexity index is 538. The number of ether oxygens (including phenoxy) is 1. The quantitative estimate of drug-likeness (QED) is 0.793. The standard InChI is InChI=1S/C16H18N2O2/c1-20-12-11-17-14-7-9-15(10-8-14)18-16(19)13-5-3-2-4-6-13/h2-10,17H,11-12H2,1H3,(H,18,19). The van der Waals surface area contributed by atoms with Crippen molar-refractivity contribution in [2.24, 2.45) is 0 Å². The maximum absolute atomic E-state index is 12.0. The van der Waals surface area contributed by atoms with Crippen LogP contribution in [0.3, 0.4) is 0 Å². The minimum absolute atomic E-state index is 0.106. The van der Waals surface area contributed by atoms with Gasteiger partial charge >= 0.3 is 0 Å². The average Bonchev–Trinajstić information content (AvgIpc) is 2.50. The van der Waals surface area contributed by atoms with Gasteiger partial charge in [-0.25, -0.2) is 0 Å². The van der Waals surface area contributed by atoms with Gasteiger partial charge in [-0.2, -0.15) is 0 Å². The van der Waals surface area contributed by atoms with Crippen LogP contribution in [0.1, 0.15) is 10.4 Å². The second kappa shape index (κ2) is 7.31. The van der Waals surface area contributed by atoms with Crippen molar-refractivity contribution in [1.29, 1.82) is 0 Å². The fourth-order valence-electron chi connectivity index (χ4n) is 1.76. The van der Waals surface area contributed by atoms with E-state index in [1.807, 2.05) is 42.5 Å². The third-order valence-electron chi connectivity index (χ3n) is 2.81. The number of carbonyl (C=O) groups is 1. The lowest BCUT2D eigenvalue weighted by Crippen LogP contribution is -2.11. The molecule has 0 spiro atoms. The van der Waals surface area contributed by atoms with Crippen molar-refractivity contribution in [1.82, 2.24) is 0 Å². The van der Waals surface area contributed by atoms with Crippen molar-refractivity contribution in [3.63, 3.8) is 0 Å². The maximum Gasteiger partial charge on any atom is 0.255 e. The van der Waals surface area contributed by atoms with E-state index in [4.69, 9.17) is 4.74 Å². The lowest BCUT2D eigenvalue weighted by molar-refractivity contribution is 0.102. The van der Waals surface area contributed by atoms with E-state index < -0.39 is 0 Å². The van der Waals surface area contributed by atoms with Gasteiger partial charge in [0.25, 0.3) is 5.91 Å². The Labute approximate surface area is 118 Å². The Morgan fingerprint density at radius 2 is 1.65 bits per heavy atom. The lowest BCUT2D eigenvalue weighted by Gasteiger charge is -2.08. The normalized spacial score (nSPS) is 10.1. The van der Waals surface area contributed by atoms with E-state index >= 15 is 0 Å². The number of carbonyl (C=O) groups excluding carboxylic acids is 1. The summed E-state index contributed by atoms with van der Waals surface area (Å²) in [7, 11) is 1.67. The number of hydrogen-bond donors (Lipinski definition) is 2. The summed E-state index contributed by atoms with van der Waals surface area (Å²) < 4.78 is 4.97. The number of amides is 1. The Balaban J connectivity index is 1.92. The summed E-state index contributed by atoms with van der Waals surface area (Å²) in [5.41, 5.74) is 2.42. The molecule has 0 bridgehead atoms. The van der Waals surface area contributed by atoms with Crippen LogP contribution in [0, 0.1) is 0 Å². The van der Waals surface area contributed by atoms with Gasteiger partial charge in [-0.15, -0.1) is 0 Å². The van der Waals surface area contributed by atoms with E-state index in [0.29, 0.717) is 12.2 Å². The van der Waals surface area contributed by atoms with Crippen LogP contribution in [0.5, 0.6) is 0 Å².